The van der Waals surface area contributed by atoms with Gasteiger partial charge in [0.15, 0.2) is 15.7 Å². The number of halogens is 1. The third-order valence-electron chi connectivity index (χ3n) is 5.20. The maximum Gasteiger partial charge on any atom is 0.218 e. The standard InChI is InChI=1S/C22H21FN6O3S/c1-3-4-7-32-16-8-14-5-6-25-22(19(14)26-11-16)28-15-9-17(20(23)27-10-15)18-12-33(30,31)13(2)21(24)29-18/h5-6,8-11,13,18H,7,12H2,1-2H3,(H2,24,29)(H,25,28)/t13?,18-/m0/s1. The number of pyridine rings is 3. The zero-order valence-electron chi connectivity index (χ0n) is 17.9. The molecule has 1 aliphatic rings. The molecule has 0 aromatic carbocycles. The summed E-state index contributed by atoms with van der Waals surface area (Å²) in [6.45, 7) is 3.45. The molecule has 1 aliphatic heterocycles. The normalized spacial score (nSPS) is 19.3. The first-order valence-electron chi connectivity index (χ1n) is 10.0. The van der Waals surface area contributed by atoms with E-state index in [1.807, 2.05) is 6.07 Å². The van der Waals surface area contributed by atoms with Crippen molar-refractivity contribution in [3.63, 3.8) is 0 Å². The quantitative estimate of drug-likeness (QED) is 0.431. The second-order valence-corrected chi connectivity index (χ2v) is 9.75. The van der Waals surface area contributed by atoms with Crippen LogP contribution in [0.3, 0.4) is 0 Å². The monoisotopic (exact) mass is 468 g/mol. The van der Waals surface area contributed by atoms with Crippen molar-refractivity contribution < 1.29 is 17.5 Å². The fraction of sp³-hybridized carbons (Fsp3) is 0.273. The molecule has 0 saturated heterocycles. The Kier molecular flexibility index (Phi) is 6.11. The molecule has 0 radical (unpaired) electrons. The highest BCUT2D eigenvalue weighted by Gasteiger charge is 2.35. The summed E-state index contributed by atoms with van der Waals surface area (Å²) in [5.41, 5.74) is 6.77. The maximum atomic E-state index is 14.5. The summed E-state index contributed by atoms with van der Waals surface area (Å²) in [6, 6.07) is 4.07. The van der Waals surface area contributed by atoms with Crippen LogP contribution in [0, 0.1) is 17.8 Å². The van der Waals surface area contributed by atoms with E-state index in [9.17, 15) is 12.8 Å². The van der Waals surface area contributed by atoms with Crippen LogP contribution in [0.5, 0.6) is 5.75 Å². The van der Waals surface area contributed by atoms with Gasteiger partial charge in [0, 0.05) is 17.1 Å². The highest BCUT2D eigenvalue weighted by Crippen LogP contribution is 2.31. The third-order valence-corrected chi connectivity index (χ3v) is 7.30. The maximum absolute atomic E-state index is 14.5. The van der Waals surface area contributed by atoms with Crippen LogP contribution in [-0.2, 0) is 9.84 Å². The molecule has 0 fully saturated rings. The van der Waals surface area contributed by atoms with Gasteiger partial charge in [-0.2, -0.15) is 4.39 Å². The Morgan fingerprint density at radius 1 is 1.27 bits per heavy atom. The molecule has 4 rings (SSSR count). The topological polar surface area (TPSA) is 132 Å². The van der Waals surface area contributed by atoms with Gasteiger partial charge in [-0.1, -0.05) is 5.92 Å². The van der Waals surface area contributed by atoms with Crippen molar-refractivity contribution in [2.75, 3.05) is 17.7 Å². The van der Waals surface area contributed by atoms with E-state index in [1.165, 1.54) is 19.2 Å². The Morgan fingerprint density at radius 2 is 2.09 bits per heavy atom. The molecular weight excluding hydrogens is 447 g/mol. The van der Waals surface area contributed by atoms with E-state index < -0.39 is 27.1 Å². The first-order chi connectivity index (χ1) is 15.8. The molecule has 3 aromatic heterocycles. The van der Waals surface area contributed by atoms with Gasteiger partial charge in [0.25, 0.3) is 0 Å². The Morgan fingerprint density at radius 3 is 2.85 bits per heavy atom. The molecule has 0 amide bonds. The van der Waals surface area contributed by atoms with Crippen LogP contribution in [0.15, 0.2) is 41.8 Å². The number of ether oxygens (including phenoxy) is 1. The number of hydrogen-bond donors (Lipinski definition) is 2. The van der Waals surface area contributed by atoms with Crippen molar-refractivity contribution in [3.8, 4) is 17.6 Å². The second-order valence-electron chi connectivity index (χ2n) is 7.39. The number of nitrogens with zero attached hydrogens (tertiary/aromatic N) is 4. The van der Waals surface area contributed by atoms with Crippen molar-refractivity contribution >= 4 is 38.1 Å². The van der Waals surface area contributed by atoms with Crippen molar-refractivity contribution in [2.24, 2.45) is 10.7 Å². The summed E-state index contributed by atoms with van der Waals surface area (Å²) in [4.78, 5) is 16.7. The van der Waals surface area contributed by atoms with Gasteiger partial charge in [0.1, 0.15) is 29.0 Å². The predicted molar refractivity (Wildman–Crippen MR) is 124 cm³/mol. The van der Waals surface area contributed by atoms with E-state index >= 15 is 0 Å². The van der Waals surface area contributed by atoms with E-state index in [1.54, 1.807) is 25.4 Å². The smallest absolute Gasteiger partial charge is 0.218 e. The largest absolute Gasteiger partial charge is 0.479 e. The van der Waals surface area contributed by atoms with E-state index in [4.69, 9.17) is 10.5 Å². The molecule has 33 heavy (non-hydrogen) atoms. The van der Waals surface area contributed by atoms with Gasteiger partial charge in [0.2, 0.25) is 5.95 Å². The fourth-order valence-corrected chi connectivity index (χ4v) is 4.75. The summed E-state index contributed by atoms with van der Waals surface area (Å²) in [6.07, 6.45) is 4.44. The molecule has 9 nitrogen and oxygen atoms in total. The van der Waals surface area contributed by atoms with Crippen LogP contribution in [-0.4, -0.2) is 46.8 Å². The summed E-state index contributed by atoms with van der Waals surface area (Å²) < 4.78 is 44.8. The molecule has 2 atom stereocenters. The Hall–Kier alpha value is -3.78. The minimum absolute atomic E-state index is 0.0272. The Balaban J connectivity index is 1.64. The molecule has 3 aromatic rings. The summed E-state index contributed by atoms with van der Waals surface area (Å²) >= 11 is 0. The van der Waals surface area contributed by atoms with Crippen molar-refractivity contribution in [3.05, 3.63) is 48.3 Å². The van der Waals surface area contributed by atoms with Gasteiger partial charge in [-0.05, 0) is 32.0 Å². The number of aromatic nitrogens is 3. The lowest BCUT2D eigenvalue weighted by Crippen LogP contribution is -2.41. The molecule has 4 heterocycles. The van der Waals surface area contributed by atoms with Crippen LogP contribution in [0.2, 0.25) is 0 Å². The SMILES string of the molecule is CC#CCOc1cnc2c(Nc3cnc(F)c([C@@H]4CS(=O)(=O)C(C)C(N)=N4)c3)nccc2c1. The lowest BCUT2D eigenvalue weighted by molar-refractivity contribution is 0.369. The minimum Gasteiger partial charge on any atom is -0.479 e. The van der Waals surface area contributed by atoms with E-state index in [0.717, 1.165) is 5.39 Å². The van der Waals surface area contributed by atoms with Gasteiger partial charge >= 0.3 is 0 Å². The van der Waals surface area contributed by atoms with Gasteiger partial charge in [0.05, 0.1) is 29.9 Å². The highest BCUT2D eigenvalue weighted by molar-refractivity contribution is 7.92. The lowest BCUT2D eigenvalue weighted by atomic mass is 10.1. The summed E-state index contributed by atoms with van der Waals surface area (Å²) in [5, 5.41) is 2.94. The van der Waals surface area contributed by atoms with E-state index in [0.29, 0.717) is 22.8 Å². The predicted octanol–water partition coefficient (Wildman–Crippen LogP) is 2.52. The number of nitrogens with one attached hydrogen (secondary N) is 1. The van der Waals surface area contributed by atoms with E-state index in [-0.39, 0.29) is 23.8 Å². The van der Waals surface area contributed by atoms with Crippen molar-refractivity contribution in [1.29, 1.82) is 0 Å². The molecule has 0 aliphatic carbocycles. The molecule has 0 saturated carbocycles. The number of fused-ring (bicyclic) bond motifs is 1. The number of hydrogen-bond acceptors (Lipinski definition) is 9. The van der Waals surface area contributed by atoms with Gasteiger partial charge in [-0.25, -0.2) is 23.4 Å². The number of sulfone groups is 1. The molecule has 170 valence electrons. The lowest BCUT2D eigenvalue weighted by Gasteiger charge is -2.24. The minimum atomic E-state index is -3.55. The average Bonchev–Trinajstić information content (AvgIpc) is 2.78. The van der Waals surface area contributed by atoms with Gasteiger partial charge in [-0.15, -0.1) is 5.92 Å². The number of amidine groups is 1. The number of anilines is 2. The van der Waals surface area contributed by atoms with Crippen LogP contribution in [0.4, 0.5) is 15.9 Å². The van der Waals surface area contributed by atoms with Gasteiger partial charge < -0.3 is 15.8 Å². The number of rotatable bonds is 5. The summed E-state index contributed by atoms with van der Waals surface area (Å²) in [5.74, 6) is 5.35. The third kappa shape index (κ3) is 4.70. The number of aliphatic imine (C=N–C) groups is 1. The Labute approximate surface area is 190 Å². The summed E-state index contributed by atoms with van der Waals surface area (Å²) in [7, 11) is -3.55. The number of nitrogens with two attached hydrogens (primary N) is 1. The van der Waals surface area contributed by atoms with Crippen LogP contribution in [0.1, 0.15) is 25.5 Å². The molecule has 0 bridgehead atoms. The molecular formula is C22H21FN6O3S. The first kappa shape index (κ1) is 22.4. The zero-order valence-corrected chi connectivity index (χ0v) is 18.7. The second kappa shape index (κ2) is 8.99. The zero-order chi connectivity index (χ0) is 23.6. The molecule has 3 N–H and O–H groups in total. The molecule has 11 heteroatoms. The first-order valence-corrected chi connectivity index (χ1v) is 11.7. The van der Waals surface area contributed by atoms with Crippen molar-refractivity contribution in [2.45, 2.75) is 25.1 Å². The van der Waals surface area contributed by atoms with Crippen LogP contribution in [0.25, 0.3) is 10.9 Å². The fourth-order valence-electron chi connectivity index (χ4n) is 3.34. The van der Waals surface area contributed by atoms with Crippen molar-refractivity contribution in [1.82, 2.24) is 15.0 Å². The van der Waals surface area contributed by atoms with Crippen LogP contribution >= 0.6 is 0 Å². The Bertz CT molecular complexity index is 1410. The van der Waals surface area contributed by atoms with E-state index in [2.05, 4.69) is 37.1 Å². The van der Waals surface area contributed by atoms with Gasteiger partial charge in [-0.3, -0.25) is 4.99 Å². The average molecular weight is 469 g/mol. The highest BCUT2D eigenvalue weighted by atomic mass is 32.2. The molecule has 1 unspecified atom stereocenters. The van der Waals surface area contributed by atoms with Crippen LogP contribution < -0.4 is 15.8 Å². The molecule has 0 spiro atoms.